The number of nitrogens with zero attached hydrogens (tertiary/aromatic N) is 1. The number of carbonyl (C=O) groups excluding carboxylic acids is 1. The molecule has 0 saturated heterocycles. The second kappa shape index (κ2) is 7.14. The van der Waals surface area contributed by atoms with Crippen LogP contribution < -0.4 is 4.74 Å². The minimum atomic E-state index is -0.558. The molecule has 0 fully saturated rings. The molecule has 0 aliphatic heterocycles. The third-order valence-electron chi connectivity index (χ3n) is 3.10. The van der Waals surface area contributed by atoms with Crippen molar-refractivity contribution in [3.8, 4) is 5.75 Å². The molecule has 0 bridgehead atoms. The van der Waals surface area contributed by atoms with Crippen molar-refractivity contribution < 1.29 is 9.53 Å². The van der Waals surface area contributed by atoms with E-state index < -0.39 is 6.10 Å². The standard InChI is InChI=1S/C17H18ClNO2/c1-13(21-16-10-6-9-15(18)11-16)17(20)19(2)12-14-7-4-3-5-8-14/h3-11,13H,12H2,1-2H3/t13-/m0/s1. The summed E-state index contributed by atoms with van der Waals surface area (Å²) in [6.07, 6.45) is -0.558. The fourth-order valence-electron chi connectivity index (χ4n) is 2.04. The molecule has 0 aromatic heterocycles. The van der Waals surface area contributed by atoms with Crippen LogP contribution >= 0.6 is 11.6 Å². The molecule has 1 amide bonds. The van der Waals surface area contributed by atoms with Crippen molar-refractivity contribution in [3.05, 3.63) is 65.2 Å². The molecular weight excluding hydrogens is 286 g/mol. The van der Waals surface area contributed by atoms with E-state index in [0.717, 1.165) is 5.56 Å². The van der Waals surface area contributed by atoms with Gasteiger partial charge in [-0.3, -0.25) is 4.79 Å². The lowest BCUT2D eigenvalue weighted by molar-refractivity contribution is -0.137. The lowest BCUT2D eigenvalue weighted by Gasteiger charge is -2.22. The Labute approximate surface area is 130 Å². The Hall–Kier alpha value is -2.00. The second-order valence-electron chi connectivity index (χ2n) is 4.90. The van der Waals surface area contributed by atoms with Gasteiger partial charge in [0.2, 0.25) is 0 Å². The maximum atomic E-state index is 12.3. The minimum Gasteiger partial charge on any atom is -0.481 e. The van der Waals surface area contributed by atoms with Crippen molar-refractivity contribution >= 4 is 17.5 Å². The highest BCUT2D eigenvalue weighted by atomic mass is 35.5. The van der Waals surface area contributed by atoms with Crippen LogP contribution in [-0.4, -0.2) is 24.0 Å². The van der Waals surface area contributed by atoms with Crippen molar-refractivity contribution in [1.29, 1.82) is 0 Å². The molecule has 0 saturated carbocycles. The Bertz CT molecular complexity index is 601. The molecule has 21 heavy (non-hydrogen) atoms. The van der Waals surface area contributed by atoms with Crippen LogP contribution in [0.25, 0.3) is 0 Å². The van der Waals surface area contributed by atoms with Gasteiger partial charge in [-0.2, -0.15) is 0 Å². The van der Waals surface area contributed by atoms with Gasteiger partial charge in [0.15, 0.2) is 6.10 Å². The second-order valence-corrected chi connectivity index (χ2v) is 5.33. The molecule has 0 spiro atoms. The first-order valence-corrected chi connectivity index (χ1v) is 7.15. The van der Waals surface area contributed by atoms with Crippen LogP contribution in [0.5, 0.6) is 5.75 Å². The van der Waals surface area contributed by atoms with Crippen LogP contribution in [-0.2, 0) is 11.3 Å². The summed E-state index contributed by atoms with van der Waals surface area (Å²) in [4.78, 5) is 14.0. The molecule has 2 aromatic carbocycles. The van der Waals surface area contributed by atoms with E-state index in [1.165, 1.54) is 0 Å². The number of rotatable bonds is 5. The van der Waals surface area contributed by atoms with Crippen LogP contribution in [0.1, 0.15) is 12.5 Å². The van der Waals surface area contributed by atoms with E-state index in [2.05, 4.69) is 0 Å². The monoisotopic (exact) mass is 303 g/mol. The summed E-state index contributed by atoms with van der Waals surface area (Å²) in [5.74, 6) is 0.523. The van der Waals surface area contributed by atoms with Gasteiger partial charge < -0.3 is 9.64 Å². The van der Waals surface area contributed by atoms with Crippen molar-refractivity contribution in [1.82, 2.24) is 4.90 Å². The molecule has 0 unspecified atom stereocenters. The number of likely N-dealkylation sites (N-methyl/N-ethyl adjacent to an activating group) is 1. The van der Waals surface area contributed by atoms with Gasteiger partial charge in [-0.05, 0) is 30.7 Å². The van der Waals surface area contributed by atoms with Gasteiger partial charge in [0.05, 0.1) is 0 Å². The number of benzene rings is 2. The first kappa shape index (κ1) is 15.4. The van der Waals surface area contributed by atoms with Gasteiger partial charge in [-0.1, -0.05) is 48.0 Å². The Kier molecular flexibility index (Phi) is 5.23. The van der Waals surface area contributed by atoms with E-state index >= 15 is 0 Å². The number of hydrogen-bond acceptors (Lipinski definition) is 2. The smallest absolute Gasteiger partial charge is 0.263 e. The highest BCUT2D eigenvalue weighted by molar-refractivity contribution is 6.30. The lowest BCUT2D eigenvalue weighted by atomic mass is 10.2. The molecule has 0 heterocycles. The quantitative estimate of drug-likeness (QED) is 0.841. The average Bonchev–Trinajstić information content (AvgIpc) is 2.47. The molecule has 0 aliphatic carbocycles. The maximum absolute atomic E-state index is 12.3. The zero-order valence-corrected chi connectivity index (χ0v) is 12.9. The van der Waals surface area contributed by atoms with Crippen molar-refractivity contribution in [2.45, 2.75) is 19.6 Å². The van der Waals surface area contributed by atoms with Crippen molar-refractivity contribution in [2.75, 3.05) is 7.05 Å². The summed E-state index contributed by atoms with van der Waals surface area (Å²) in [7, 11) is 1.77. The fraction of sp³-hybridized carbons (Fsp3) is 0.235. The largest absolute Gasteiger partial charge is 0.481 e. The average molecular weight is 304 g/mol. The predicted octanol–water partition coefficient (Wildman–Crippen LogP) is 3.77. The van der Waals surface area contributed by atoms with E-state index in [-0.39, 0.29) is 5.91 Å². The Morgan fingerprint density at radius 1 is 1.19 bits per heavy atom. The van der Waals surface area contributed by atoms with Gasteiger partial charge in [0, 0.05) is 18.6 Å². The van der Waals surface area contributed by atoms with Crippen LogP contribution in [0.15, 0.2) is 54.6 Å². The molecule has 4 heteroatoms. The van der Waals surface area contributed by atoms with E-state index in [4.69, 9.17) is 16.3 Å². The highest BCUT2D eigenvalue weighted by Gasteiger charge is 2.19. The van der Waals surface area contributed by atoms with Crippen LogP contribution in [0, 0.1) is 0 Å². The maximum Gasteiger partial charge on any atom is 0.263 e. The number of halogens is 1. The molecule has 2 aromatic rings. The van der Waals surface area contributed by atoms with E-state index in [9.17, 15) is 4.79 Å². The summed E-state index contributed by atoms with van der Waals surface area (Å²) in [5, 5.41) is 0.588. The van der Waals surface area contributed by atoms with E-state index in [0.29, 0.717) is 17.3 Å². The Morgan fingerprint density at radius 3 is 2.57 bits per heavy atom. The van der Waals surface area contributed by atoms with Crippen molar-refractivity contribution in [3.63, 3.8) is 0 Å². The first-order valence-electron chi connectivity index (χ1n) is 6.77. The van der Waals surface area contributed by atoms with Gasteiger partial charge in [-0.15, -0.1) is 0 Å². The molecular formula is C17H18ClNO2. The third-order valence-corrected chi connectivity index (χ3v) is 3.33. The fourth-order valence-corrected chi connectivity index (χ4v) is 2.22. The molecule has 0 aliphatic rings. The minimum absolute atomic E-state index is 0.0705. The SMILES string of the molecule is C[C@H](Oc1cccc(Cl)c1)C(=O)N(C)Cc1ccccc1. The zero-order valence-electron chi connectivity index (χ0n) is 12.1. The summed E-state index contributed by atoms with van der Waals surface area (Å²) in [6, 6.07) is 16.9. The van der Waals surface area contributed by atoms with Gasteiger partial charge in [-0.25, -0.2) is 0 Å². The number of hydrogen-bond donors (Lipinski definition) is 0. The summed E-state index contributed by atoms with van der Waals surface area (Å²) in [5.41, 5.74) is 1.09. The normalized spacial score (nSPS) is 11.8. The summed E-state index contributed by atoms with van der Waals surface area (Å²) >= 11 is 5.90. The third kappa shape index (κ3) is 4.50. The van der Waals surface area contributed by atoms with E-state index in [1.807, 2.05) is 30.3 Å². The summed E-state index contributed by atoms with van der Waals surface area (Å²) in [6.45, 7) is 2.30. The molecule has 0 radical (unpaired) electrons. The number of ether oxygens (including phenoxy) is 1. The van der Waals surface area contributed by atoms with Crippen LogP contribution in [0.2, 0.25) is 5.02 Å². The highest BCUT2D eigenvalue weighted by Crippen LogP contribution is 2.19. The topological polar surface area (TPSA) is 29.5 Å². The zero-order chi connectivity index (χ0) is 15.2. The van der Waals surface area contributed by atoms with Gasteiger partial charge >= 0.3 is 0 Å². The van der Waals surface area contributed by atoms with E-state index in [1.54, 1.807) is 43.1 Å². The first-order chi connectivity index (χ1) is 10.1. The number of carbonyl (C=O) groups is 1. The Balaban J connectivity index is 1.95. The number of amides is 1. The van der Waals surface area contributed by atoms with Crippen molar-refractivity contribution in [2.24, 2.45) is 0 Å². The Morgan fingerprint density at radius 2 is 1.90 bits per heavy atom. The van der Waals surface area contributed by atoms with Crippen LogP contribution in [0.4, 0.5) is 0 Å². The lowest BCUT2D eigenvalue weighted by Crippen LogP contribution is -2.37. The molecule has 3 nitrogen and oxygen atoms in total. The molecule has 110 valence electrons. The molecule has 0 N–H and O–H groups in total. The molecule has 1 atom stereocenters. The van der Waals surface area contributed by atoms with Gasteiger partial charge in [0.25, 0.3) is 5.91 Å². The molecule has 2 rings (SSSR count). The van der Waals surface area contributed by atoms with Gasteiger partial charge in [0.1, 0.15) is 5.75 Å². The summed E-state index contributed by atoms with van der Waals surface area (Å²) < 4.78 is 5.64. The predicted molar refractivity (Wildman–Crippen MR) is 84.5 cm³/mol. The van der Waals surface area contributed by atoms with Crippen LogP contribution in [0.3, 0.4) is 0 Å².